The number of nitrogens with zero attached hydrogens (tertiary/aromatic N) is 2. The third kappa shape index (κ3) is 3.03. The second-order valence-corrected chi connectivity index (χ2v) is 7.08. The highest BCUT2D eigenvalue weighted by Gasteiger charge is 2.34. The summed E-state index contributed by atoms with van der Waals surface area (Å²) in [7, 11) is 0. The van der Waals surface area contributed by atoms with E-state index in [1.807, 2.05) is 18.2 Å². The first-order valence-electron chi connectivity index (χ1n) is 8.89. The van der Waals surface area contributed by atoms with Crippen molar-refractivity contribution in [2.24, 2.45) is 0 Å². The van der Waals surface area contributed by atoms with Gasteiger partial charge in [-0.15, -0.1) is 0 Å². The van der Waals surface area contributed by atoms with Crippen LogP contribution in [0.2, 0.25) is 0 Å². The molecule has 2 aromatic carbocycles. The number of para-hydroxylation sites is 1. The lowest BCUT2D eigenvalue weighted by Crippen LogP contribution is -2.41. The molecule has 0 spiro atoms. The van der Waals surface area contributed by atoms with Gasteiger partial charge in [0.1, 0.15) is 0 Å². The van der Waals surface area contributed by atoms with Crippen molar-refractivity contribution in [1.82, 2.24) is 4.90 Å². The smallest absolute Gasteiger partial charge is 0.242 e. The number of carbonyl (C=O) groups is 1. The van der Waals surface area contributed by atoms with Crippen molar-refractivity contribution in [2.75, 3.05) is 18.0 Å². The number of hydrogen-bond acceptors (Lipinski definition) is 2. The maximum absolute atomic E-state index is 13.0. The summed E-state index contributed by atoms with van der Waals surface area (Å²) in [5.41, 5.74) is 3.81. The number of fused-ring (bicyclic) bond motifs is 1. The highest BCUT2D eigenvalue weighted by Crippen LogP contribution is 2.36. The third-order valence-electron chi connectivity index (χ3n) is 5.13. The molecule has 4 rings (SSSR count). The van der Waals surface area contributed by atoms with Crippen molar-refractivity contribution >= 4 is 11.6 Å². The molecule has 1 amide bonds. The Balaban J connectivity index is 1.48. The van der Waals surface area contributed by atoms with Crippen LogP contribution in [0.1, 0.15) is 36.8 Å². The summed E-state index contributed by atoms with van der Waals surface area (Å²) >= 11 is 0. The van der Waals surface area contributed by atoms with E-state index in [0.717, 1.165) is 25.9 Å². The molecule has 3 nitrogen and oxygen atoms in total. The van der Waals surface area contributed by atoms with Gasteiger partial charge in [-0.05, 0) is 30.0 Å². The minimum atomic E-state index is 0.255. The fourth-order valence-corrected chi connectivity index (χ4v) is 3.71. The van der Waals surface area contributed by atoms with Gasteiger partial charge >= 0.3 is 0 Å². The predicted molar refractivity (Wildman–Crippen MR) is 97.1 cm³/mol. The van der Waals surface area contributed by atoms with Crippen LogP contribution in [-0.2, 0) is 11.3 Å². The minimum absolute atomic E-state index is 0.255. The Bertz CT molecular complexity index is 724. The average molecular weight is 320 g/mol. The van der Waals surface area contributed by atoms with Crippen molar-refractivity contribution in [2.45, 2.75) is 38.3 Å². The van der Waals surface area contributed by atoms with Crippen molar-refractivity contribution in [3.63, 3.8) is 0 Å². The number of rotatable bonds is 5. The van der Waals surface area contributed by atoms with Gasteiger partial charge in [0.25, 0.3) is 0 Å². The van der Waals surface area contributed by atoms with Gasteiger partial charge in [-0.3, -0.25) is 4.79 Å². The zero-order valence-corrected chi connectivity index (χ0v) is 14.2. The van der Waals surface area contributed by atoms with Gasteiger partial charge in [-0.2, -0.15) is 0 Å². The highest BCUT2D eigenvalue weighted by molar-refractivity contribution is 5.83. The van der Waals surface area contributed by atoms with E-state index in [1.54, 1.807) is 0 Å². The van der Waals surface area contributed by atoms with Crippen LogP contribution in [0, 0.1) is 0 Å². The lowest BCUT2D eigenvalue weighted by atomic mass is 10.0. The number of amides is 1. The zero-order chi connectivity index (χ0) is 16.5. The largest absolute Gasteiger partial charge is 0.361 e. The topological polar surface area (TPSA) is 23.6 Å². The highest BCUT2D eigenvalue weighted by atomic mass is 16.2. The third-order valence-corrected chi connectivity index (χ3v) is 5.13. The fraction of sp³-hybridized carbons (Fsp3) is 0.381. The summed E-state index contributed by atoms with van der Waals surface area (Å²) in [6.07, 6.45) is 2.29. The molecular weight excluding hydrogens is 296 g/mol. The molecule has 24 heavy (non-hydrogen) atoms. The molecule has 0 aromatic heterocycles. The quantitative estimate of drug-likeness (QED) is 0.836. The fourth-order valence-electron chi connectivity index (χ4n) is 3.71. The molecule has 0 saturated heterocycles. The number of benzene rings is 2. The molecule has 124 valence electrons. The molecule has 1 atom stereocenters. The van der Waals surface area contributed by atoms with Crippen LogP contribution < -0.4 is 4.90 Å². The Morgan fingerprint density at radius 1 is 1.08 bits per heavy atom. The van der Waals surface area contributed by atoms with Gasteiger partial charge in [-0.1, -0.05) is 55.5 Å². The van der Waals surface area contributed by atoms with Crippen LogP contribution in [-0.4, -0.2) is 29.9 Å². The van der Waals surface area contributed by atoms with Crippen molar-refractivity contribution in [3.05, 3.63) is 65.7 Å². The summed E-state index contributed by atoms with van der Waals surface area (Å²) in [5.74, 6) is 0.753. The Labute approximate surface area is 143 Å². The summed E-state index contributed by atoms with van der Waals surface area (Å²) in [5, 5.41) is 0. The predicted octanol–water partition coefficient (Wildman–Crippen LogP) is 3.80. The average Bonchev–Trinajstić information content (AvgIpc) is 3.40. The van der Waals surface area contributed by atoms with E-state index in [1.165, 1.54) is 16.8 Å². The van der Waals surface area contributed by atoms with Gasteiger partial charge in [0.05, 0.1) is 6.54 Å². The number of carbonyl (C=O) groups excluding carboxylic acids is 1. The first kappa shape index (κ1) is 15.3. The van der Waals surface area contributed by atoms with Crippen molar-refractivity contribution < 1.29 is 4.79 Å². The van der Waals surface area contributed by atoms with Gasteiger partial charge < -0.3 is 9.80 Å². The van der Waals surface area contributed by atoms with E-state index in [4.69, 9.17) is 0 Å². The van der Waals surface area contributed by atoms with E-state index in [2.05, 4.69) is 53.1 Å². The van der Waals surface area contributed by atoms with E-state index in [-0.39, 0.29) is 5.91 Å². The van der Waals surface area contributed by atoms with Gasteiger partial charge in [0.15, 0.2) is 0 Å². The van der Waals surface area contributed by atoms with E-state index in [9.17, 15) is 4.79 Å². The monoisotopic (exact) mass is 320 g/mol. The standard InChI is InChI=1S/C21H24N2O/c1-16-13-22(20-10-6-5-9-19(16)20)15-21(24)23(18-11-12-18)14-17-7-3-2-4-8-17/h2-10,16,18H,11-15H2,1H3. The molecule has 0 bridgehead atoms. The molecule has 1 aliphatic heterocycles. The Morgan fingerprint density at radius 2 is 1.79 bits per heavy atom. The van der Waals surface area contributed by atoms with Gasteiger partial charge in [-0.25, -0.2) is 0 Å². The maximum Gasteiger partial charge on any atom is 0.242 e. The lowest BCUT2D eigenvalue weighted by Gasteiger charge is -2.27. The summed E-state index contributed by atoms with van der Waals surface area (Å²) in [6, 6.07) is 19.3. The Morgan fingerprint density at radius 3 is 2.54 bits per heavy atom. The molecule has 1 saturated carbocycles. The SMILES string of the molecule is CC1CN(CC(=O)N(Cc2ccccc2)C2CC2)c2ccccc21. The van der Waals surface area contributed by atoms with Crippen molar-refractivity contribution in [1.29, 1.82) is 0 Å². The zero-order valence-electron chi connectivity index (χ0n) is 14.2. The van der Waals surface area contributed by atoms with Crippen LogP contribution in [0.3, 0.4) is 0 Å². The van der Waals surface area contributed by atoms with Gasteiger partial charge in [0.2, 0.25) is 5.91 Å². The molecule has 1 aliphatic carbocycles. The van der Waals surface area contributed by atoms with Crippen molar-refractivity contribution in [3.8, 4) is 0 Å². The lowest BCUT2D eigenvalue weighted by molar-refractivity contribution is -0.130. The van der Waals surface area contributed by atoms with Crippen LogP contribution in [0.4, 0.5) is 5.69 Å². The normalized spacial score (nSPS) is 19.2. The second-order valence-electron chi connectivity index (χ2n) is 7.08. The summed E-state index contributed by atoms with van der Waals surface area (Å²) < 4.78 is 0. The first-order chi connectivity index (χ1) is 11.7. The van der Waals surface area contributed by atoms with Crippen LogP contribution in [0.25, 0.3) is 0 Å². The molecule has 1 unspecified atom stereocenters. The molecule has 0 radical (unpaired) electrons. The van der Waals surface area contributed by atoms with E-state index < -0.39 is 0 Å². The number of hydrogen-bond donors (Lipinski definition) is 0. The van der Waals surface area contributed by atoms with Crippen LogP contribution in [0.15, 0.2) is 54.6 Å². The van der Waals surface area contributed by atoms with E-state index in [0.29, 0.717) is 18.5 Å². The molecule has 2 aromatic rings. The van der Waals surface area contributed by atoms with Gasteiger partial charge in [0, 0.05) is 30.7 Å². The summed E-state index contributed by atoms with van der Waals surface area (Å²) in [4.78, 5) is 17.3. The Kier molecular flexibility index (Phi) is 4.01. The molecule has 2 aliphatic rings. The molecule has 3 heteroatoms. The summed E-state index contributed by atoms with van der Waals surface area (Å²) in [6.45, 7) is 4.40. The Hall–Kier alpha value is -2.29. The minimum Gasteiger partial charge on any atom is -0.361 e. The van der Waals surface area contributed by atoms with Crippen LogP contribution in [0.5, 0.6) is 0 Å². The molecule has 0 N–H and O–H groups in total. The van der Waals surface area contributed by atoms with E-state index >= 15 is 0 Å². The van der Waals surface area contributed by atoms with Crippen LogP contribution >= 0.6 is 0 Å². The molecule has 1 fully saturated rings. The first-order valence-corrected chi connectivity index (χ1v) is 8.89. The molecular formula is C21H24N2O. The second kappa shape index (κ2) is 6.31. The molecule has 1 heterocycles. The number of anilines is 1. The maximum atomic E-state index is 13.0.